The van der Waals surface area contributed by atoms with Gasteiger partial charge in [-0.2, -0.15) is 26.3 Å². The summed E-state index contributed by atoms with van der Waals surface area (Å²) in [4.78, 5) is 54.5. The van der Waals surface area contributed by atoms with Crippen LogP contribution in [-0.4, -0.2) is 194 Å². The molecule has 4 aliphatic heterocycles. The quantitative estimate of drug-likeness (QED) is 0.00997. The first-order valence-corrected chi connectivity index (χ1v) is 46.6. The molecule has 3 aromatic carbocycles. The number of aliphatic hydroxyl groups excluding tert-OH is 3. The van der Waals surface area contributed by atoms with E-state index in [4.69, 9.17) is 97.4 Å². The maximum atomic E-state index is 14.0. The Hall–Kier alpha value is -8.60. The Bertz CT molecular complexity index is 5480. The van der Waals surface area contributed by atoms with E-state index in [-0.39, 0.29) is 190 Å². The molecular weight excluding hydrogens is 1870 g/mol. The molecule has 0 bridgehead atoms. The first-order chi connectivity index (χ1) is 61.8. The summed E-state index contributed by atoms with van der Waals surface area (Å²) in [6.07, 6.45) is -10.4. The van der Waals surface area contributed by atoms with Crippen molar-refractivity contribution in [3.8, 4) is 57.5 Å². The second-order valence-electron chi connectivity index (χ2n) is 37.2. The number of hydrogen-bond donors (Lipinski definition) is 12. The van der Waals surface area contributed by atoms with Crippen LogP contribution >= 0.6 is 23.2 Å². The van der Waals surface area contributed by atoms with Crippen LogP contribution in [0.4, 0.5) is 26.3 Å². The van der Waals surface area contributed by atoms with Crippen molar-refractivity contribution < 1.29 is 136 Å². The molecule has 134 heavy (non-hydrogen) atoms. The van der Waals surface area contributed by atoms with Crippen molar-refractivity contribution in [2.75, 3.05) is 93.9 Å². The molecule has 0 spiro atoms. The molecule has 43 heteroatoms. The van der Waals surface area contributed by atoms with Crippen molar-refractivity contribution in [1.29, 1.82) is 0 Å². The minimum Gasteiger partial charge on any atom is -0.493 e. The molecule has 0 amide bonds. The summed E-state index contributed by atoms with van der Waals surface area (Å²) < 4.78 is 183. The molecule has 32 nitrogen and oxygen atoms in total. The van der Waals surface area contributed by atoms with Crippen LogP contribution in [0.1, 0.15) is 244 Å². The number of halogens is 8. The summed E-state index contributed by atoms with van der Waals surface area (Å²) in [5, 5.41) is 71.0. The predicted molar refractivity (Wildman–Crippen MR) is 490 cm³/mol. The lowest BCUT2D eigenvalue weighted by Gasteiger charge is -2.30. The Morgan fingerprint density at radius 1 is 0.418 bits per heavy atom. The second-order valence-corrected chi connectivity index (χ2v) is 43.8. The second kappa shape index (κ2) is 43.2. The zero-order valence-corrected chi connectivity index (χ0v) is 82.3. The number of ketones is 3. The third-order valence-corrected chi connectivity index (χ3v) is 27.8. The minimum absolute atomic E-state index is 0.00797. The number of ether oxygens (including phenoxy) is 10. The fraction of sp³-hybridized carbons (Fsp3) is 0.549. The Morgan fingerprint density at radius 2 is 0.679 bits per heavy atom. The van der Waals surface area contributed by atoms with E-state index in [0.717, 1.165) is 5.56 Å². The fourth-order valence-corrected chi connectivity index (χ4v) is 16.8. The Morgan fingerprint density at radius 3 is 0.955 bits per heavy atom. The zero-order valence-electron chi connectivity index (χ0n) is 78.4. The average molecular weight is 1990 g/mol. The third kappa shape index (κ3) is 26.9. The van der Waals surface area contributed by atoms with E-state index in [0.29, 0.717) is 51.3 Å². The van der Waals surface area contributed by atoms with Gasteiger partial charge in [0.05, 0.1) is 133 Å². The molecule has 8 heterocycles. The van der Waals surface area contributed by atoms with Gasteiger partial charge in [-0.25, -0.2) is 46.7 Å². The predicted octanol–water partition coefficient (Wildman–Crippen LogP) is 12.1. The van der Waals surface area contributed by atoms with E-state index in [1.807, 2.05) is 55.4 Å². The number of nitrogens with zero attached hydrogens (tertiary/aromatic N) is 4. The van der Waals surface area contributed by atoms with Crippen molar-refractivity contribution in [3.63, 3.8) is 0 Å². The monoisotopic (exact) mass is 1990 g/mol. The molecule has 0 fully saturated rings. The number of alkyl halides is 6. The van der Waals surface area contributed by atoms with Crippen LogP contribution in [0.5, 0.6) is 57.5 Å². The number of benzene rings is 3. The van der Waals surface area contributed by atoms with Gasteiger partial charge in [0.25, 0.3) is 0 Å². The highest BCUT2D eigenvalue weighted by Gasteiger charge is 2.51. The van der Waals surface area contributed by atoms with Gasteiger partial charge < -0.3 is 94.6 Å². The summed E-state index contributed by atoms with van der Waals surface area (Å²) in [6, 6.07) is 19.7. The van der Waals surface area contributed by atoms with Crippen LogP contribution in [-0.2, 0) is 89.9 Å². The van der Waals surface area contributed by atoms with Crippen LogP contribution in [0.15, 0.2) is 78.9 Å². The van der Waals surface area contributed by atoms with E-state index < -0.39 is 127 Å². The van der Waals surface area contributed by atoms with E-state index in [1.165, 1.54) is 90.6 Å². The van der Waals surface area contributed by atoms with E-state index in [9.17, 15) is 73.8 Å². The highest BCUT2D eigenvalue weighted by molar-refractivity contribution is 7.85. The summed E-state index contributed by atoms with van der Waals surface area (Å²) in [5.74, 6) is 0.958. The van der Waals surface area contributed by atoms with Crippen LogP contribution in [0.2, 0.25) is 10.3 Å². The topological polar surface area (TPSA) is 476 Å². The number of aliphatic hydroxyl groups is 7. The molecule has 4 aromatic heterocycles. The van der Waals surface area contributed by atoms with Crippen LogP contribution < -0.4 is 73.0 Å². The van der Waals surface area contributed by atoms with Gasteiger partial charge in [-0.15, -0.1) is 0 Å². The van der Waals surface area contributed by atoms with Crippen LogP contribution in [0.3, 0.4) is 0 Å². The van der Waals surface area contributed by atoms with E-state index in [1.54, 1.807) is 71.9 Å². The Balaban J connectivity index is 0.000000223. The zero-order chi connectivity index (χ0) is 101. The van der Waals surface area contributed by atoms with Crippen molar-refractivity contribution in [2.45, 2.75) is 227 Å². The smallest absolute Gasteiger partial charge is 0.437 e. The van der Waals surface area contributed by atoms with E-state index in [2.05, 4.69) is 34.1 Å². The molecule has 11 unspecified atom stereocenters. The molecule has 11 atom stereocenters. The van der Waals surface area contributed by atoms with Gasteiger partial charge in [-0.1, -0.05) is 23.2 Å². The van der Waals surface area contributed by atoms with Gasteiger partial charge >= 0.3 is 12.4 Å². The summed E-state index contributed by atoms with van der Waals surface area (Å²) >= 11 is 12.6. The number of rotatable bonds is 35. The summed E-state index contributed by atoms with van der Waals surface area (Å²) in [5.41, 5.74) is 1.20. The Kier molecular flexibility index (Phi) is 35.7. The maximum absolute atomic E-state index is 14.0. The third-order valence-electron chi connectivity index (χ3n) is 22.0. The van der Waals surface area contributed by atoms with Gasteiger partial charge in [-0.05, 0) is 216 Å². The molecule has 0 radical (unpaired) electrons. The normalized spacial score (nSPS) is 20.3. The molecule has 0 saturated heterocycles. The number of nitrogens with one attached hydrogen (secondary N) is 3. The number of fused-ring (bicyclic) bond motifs is 4. The maximum Gasteiger partial charge on any atom is 0.437 e. The largest absolute Gasteiger partial charge is 0.493 e. The number of aromatic nitrogens is 4. The highest BCUT2D eigenvalue weighted by Crippen LogP contribution is 2.51. The lowest BCUT2D eigenvalue weighted by atomic mass is 9.88. The Labute approximate surface area is 792 Å². The lowest BCUT2D eigenvalue weighted by molar-refractivity contribution is -0.143. The molecular formula is C91H121Cl2F6N9O23S3. The molecule has 0 aliphatic carbocycles. The lowest BCUT2D eigenvalue weighted by Crippen LogP contribution is -2.47. The molecule has 4 aliphatic rings. The number of carbonyl (C=O) groups excluding carboxylic acids is 3. The number of nitrogens with two attached hydrogens (primary N) is 2. The highest BCUT2D eigenvalue weighted by atomic mass is 35.5. The van der Waals surface area contributed by atoms with Gasteiger partial charge in [0.1, 0.15) is 68.7 Å². The van der Waals surface area contributed by atoms with Gasteiger partial charge in [0.15, 0.2) is 96.5 Å². The van der Waals surface area contributed by atoms with Gasteiger partial charge in [-0.3, -0.25) is 14.4 Å². The molecule has 0 saturated carbocycles. The van der Waals surface area contributed by atoms with Crippen molar-refractivity contribution in [2.24, 2.45) is 11.5 Å². The number of methoxy groups -OCH3 is 3. The van der Waals surface area contributed by atoms with Crippen LogP contribution in [0, 0.1) is 0 Å². The molecule has 14 N–H and O–H groups in total. The first kappa shape index (κ1) is 111. The number of Topliss-reactive ketones (excluding diaryl/α,β-unsaturated/α-hetero) is 3. The van der Waals surface area contributed by atoms with E-state index >= 15 is 0 Å². The molecule has 7 aromatic rings. The SMILES string of the molecule is CC(O)(CN)c1cc2c(c(Cl)n1)OCC2(C)NS(=O)C(C)(C)C.COc1cc(C(=O)CCC(C)(O)c2cc3c(c(C(F)(F)F)n2)OCC3(C)N)ccc1OCCO.COc1cc(C(=O)CCC(C)(O)c2cc3c(c(C(F)(F)F)n2)OCC3(C)NS(=O)C(C)(C)C)ccc1OCCO.COc1cc(C(=O)CCC(C)(O)c2cc3c(c(Cl)n2)OCC3(C)NS(=O)C(C)(C)C)ccc1OCCO. The van der Waals surface area contributed by atoms with Crippen LogP contribution in [0.25, 0.3) is 0 Å². The standard InChI is InChI=1S/C27H35F3N2O7S.C26H35ClN2O7S.C23H27F3N2O6.C15H24ClN3O3S/c1-24(2,3)40(36)32-25(4)15-39-22-17(25)14-21(31-23(22)27(28,29)30)26(5,35)10-9-18(34)16-7-8-19(38-12-11-33)20(13-16)37-6;1-24(2,3)37(33)29-25(4)15-36-22-17(25)14-21(28-23(22)27)26(5,32)10-9-18(31)16-7-8-19(35-12-11-30)20(13-16)34-6;1-21(27)12-34-19-14(21)11-18(28-20(19)23(24,25)26)22(2,31)7-6-15(30)13-4-5-16(33-9-8-29)17(10-13)32-3;1-13(2,3)23(21)19-14(4)8-22-11-9(14)6-10(18-12(11)16)15(5,20)7-17/h7-8,13-14,32-33,35H,9-12,15H2,1-6H3;7-8,13-14,29-30,32H,9-12,15H2,1-6H3;4-5,10-11,29,31H,6-9,12,27H2,1-3H3;6,19-20H,7-8,17H2,1-5H3. The number of carbonyl (C=O) groups is 3. The number of pyridine rings is 4. The van der Waals surface area contributed by atoms with Crippen molar-refractivity contribution in [1.82, 2.24) is 34.1 Å². The van der Waals surface area contributed by atoms with Gasteiger partial charge in [0, 0.05) is 64.8 Å². The first-order valence-electron chi connectivity index (χ1n) is 42.4. The summed E-state index contributed by atoms with van der Waals surface area (Å²) in [7, 11) is -0.0548. The minimum atomic E-state index is -4.89. The van der Waals surface area contributed by atoms with Gasteiger partial charge in [0.2, 0.25) is 0 Å². The van der Waals surface area contributed by atoms with Crippen molar-refractivity contribution in [3.05, 3.63) is 162 Å². The van der Waals surface area contributed by atoms with Crippen molar-refractivity contribution >= 4 is 73.5 Å². The molecule has 742 valence electrons. The number of hydrogen-bond acceptors (Lipinski definition) is 29. The molecule has 11 rings (SSSR count). The fourth-order valence-electron chi connectivity index (χ4n) is 13.6. The average Bonchev–Trinajstić information content (AvgIpc) is 1.58. The summed E-state index contributed by atoms with van der Waals surface area (Å²) in [6.45, 7) is 28.8.